The average Bonchev–Trinajstić information content (AvgIpc) is 3.19. The lowest BCUT2D eigenvalue weighted by Crippen LogP contribution is -2.32. The number of anilines is 2. The molecule has 34 heavy (non-hydrogen) atoms. The summed E-state index contributed by atoms with van der Waals surface area (Å²) in [4.78, 5) is 17.7. The molecule has 1 saturated heterocycles. The fourth-order valence-electron chi connectivity index (χ4n) is 4.27. The van der Waals surface area contributed by atoms with Gasteiger partial charge in [-0.25, -0.2) is 0 Å². The highest BCUT2D eigenvalue weighted by Crippen LogP contribution is 2.32. The number of hydrogen-bond donors (Lipinski definition) is 2. The monoisotopic (exact) mass is 475 g/mol. The van der Waals surface area contributed by atoms with Gasteiger partial charge in [-0.15, -0.1) is 5.10 Å². The van der Waals surface area contributed by atoms with Crippen LogP contribution in [0.15, 0.2) is 35.1 Å². The van der Waals surface area contributed by atoms with Crippen molar-refractivity contribution < 1.29 is 17.9 Å². The second-order valence-electron chi connectivity index (χ2n) is 9.05. The van der Waals surface area contributed by atoms with E-state index in [1.165, 1.54) is 6.07 Å². The fourth-order valence-corrected chi connectivity index (χ4v) is 4.27. The number of H-pyrrole nitrogens is 1. The Kier molecular flexibility index (Phi) is 6.53. The van der Waals surface area contributed by atoms with Crippen LogP contribution in [-0.2, 0) is 10.9 Å². The van der Waals surface area contributed by atoms with Crippen LogP contribution >= 0.6 is 0 Å². The first-order chi connectivity index (χ1) is 16.0. The number of nitrogens with one attached hydrogen (secondary N) is 2. The second kappa shape index (κ2) is 9.25. The molecule has 0 amide bonds. The van der Waals surface area contributed by atoms with Crippen molar-refractivity contribution in [1.29, 1.82) is 0 Å². The molecule has 10 heteroatoms. The molecule has 1 aliphatic heterocycles. The fraction of sp³-hybridized carbons (Fsp3) is 0.458. The van der Waals surface area contributed by atoms with Gasteiger partial charge in [0.2, 0.25) is 0 Å². The Bertz CT molecular complexity index is 1240. The molecule has 0 saturated carbocycles. The molecule has 0 bridgehead atoms. The van der Waals surface area contributed by atoms with Crippen molar-refractivity contribution >= 4 is 22.4 Å². The average molecular weight is 476 g/mol. The third kappa shape index (κ3) is 4.86. The molecule has 1 fully saturated rings. The summed E-state index contributed by atoms with van der Waals surface area (Å²) in [6.07, 6.45) is -4.42. The van der Waals surface area contributed by atoms with Crippen LogP contribution in [0.1, 0.15) is 36.7 Å². The maximum absolute atomic E-state index is 13.1. The second-order valence-corrected chi connectivity index (χ2v) is 9.05. The van der Waals surface area contributed by atoms with Gasteiger partial charge in [0.05, 0.1) is 29.4 Å². The molecule has 182 valence electrons. The van der Waals surface area contributed by atoms with E-state index in [4.69, 9.17) is 4.74 Å². The molecule has 0 unspecified atom stereocenters. The summed E-state index contributed by atoms with van der Waals surface area (Å²) in [5.74, 6) is 1.10. The zero-order valence-electron chi connectivity index (χ0n) is 19.5. The van der Waals surface area contributed by atoms with Gasteiger partial charge in [0.1, 0.15) is 5.69 Å². The lowest BCUT2D eigenvalue weighted by atomic mass is 9.97. The van der Waals surface area contributed by atoms with Crippen molar-refractivity contribution in [3.63, 3.8) is 0 Å². The SMILES string of the molecule is Cc1nnc(N[C@H](C)c2cccc(C(F)(F)F)c2)c2cc(N(C)C[C@@H]3COC[C@@H]3C)c(=O)[nH]c12. The summed E-state index contributed by atoms with van der Waals surface area (Å²) in [6.45, 7) is 7.66. The Hall–Kier alpha value is -3.14. The number of alkyl halides is 3. The minimum absolute atomic E-state index is 0.241. The van der Waals surface area contributed by atoms with Crippen molar-refractivity contribution in [2.45, 2.75) is 33.0 Å². The third-order valence-corrected chi connectivity index (χ3v) is 6.44. The largest absolute Gasteiger partial charge is 0.416 e. The number of fused-ring (bicyclic) bond motifs is 1. The van der Waals surface area contributed by atoms with Crippen molar-refractivity contribution in [1.82, 2.24) is 15.2 Å². The normalized spacial score (nSPS) is 19.4. The van der Waals surface area contributed by atoms with Gasteiger partial charge < -0.3 is 19.9 Å². The molecule has 3 aromatic rings. The summed E-state index contributed by atoms with van der Waals surface area (Å²) in [7, 11) is 1.86. The van der Waals surface area contributed by atoms with E-state index >= 15 is 0 Å². The summed E-state index contributed by atoms with van der Waals surface area (Å²) in [5.41, 5.74) is 1.08. The Labute approximate surface area is 195 Å². The first kappa shape index (κ1) is 24.0. The van der Waals surface area contributed by atoms with E-state index in [0.717, 1.165) is 12.1 Å². The van der Waals surface area contributed by atoms with Gasteiger partial charge >= 0.3 is 6.18 Å². The van der Waals surface area contributed by atoms with E-state index < -0.39 is 17.8 Å². The molecule has 2 aromatic heterocycles. The first-order valence-corrected chi connectivity index (χ1v) is 11.2. The molecule has 0 radical (unpaired) electrons. The smallest absolute Gasteiger partial charge is 0.381 e. The number of rotatable bonds is 6. The quantitative estimate of drug-likeness (QED) is 0.545. The minimum atomic E-state index is -4.42. The topological polar surface area (TPSA) is 83.1 Å². The molecule has 7 nitrogen and oxygen atoms in total. The van der Waals surface area contributed by atoms with Crippen LogP contribution < -0.4 is 15.8 Å². The number of halogens is 3. The van der Waals surface area contributed by atoms with Gasteiger partial charge in [-0.1, -0.05) is 19.1 Å². The molecule has 0 spiro atoms. The van der Waals surface area contributed by atoms with Crippen LogP contribution in [0.4, 0.5) is 24.7 Å². The molecular formula is C24H28F3N5O2. The summed E-state index contributed by atoms with van der Waals surface area (Å²) < 4.78 is 45.0. The van der Waals surface area contributed by atoms with Gasteiger partial charge in [0.25, 0.3) is 5.56 Å². The third-order valence-electron chi connectivity index (χ3n) is 6.44. The predicted octanol–water partition coefficient (Wildman–Crippen LogP) is 4.54. The number of nitrogens with zero attached hydrogens (tertiary/aromatic N) is 3. The molecule has 1 aromatic carbocycles. The van der Waals surface area contributed by atoms with Crippen LogP contribution in [-0.4, -0.2) is 42.0 Å². The van der Waals surface area contributed by atoms with Gasteiger partial charge in [-0.05, 0) is 43.5 Å². The highest BCUT2D eigenvalue weighted by Gasteiger charge is 2.31. The molecule has 1 aliphatic rings. The minimum Gasteiger partial charge on any atom is -0.381 e. The maximum atomic E-state index is 13.1. The van der Waals surface area contributed by atoms with E-state index in [-0.39, 0.29) is 5.56 Å². The Morgan fingerprint density at radius 1 is 1.26 bits per heavy atom. The van der Waals surface area contributed by atoms with Crippen LogP contribution in [0.2, 0.25) is 0 Å². The van der Waals surface area contributed by atoms with Crippen molar-refractivity contribution in [3.8, 4) is 0 Å². The Morgan fingerprint density at radius 2 is 2.03 bits per heavy atom. The highest BCUT2D eigenvalue weighted by molar-refractivity contribution is 5.92. The Morgan fingerprint density at radius 3 is 2.71 bits per heavy atom. The summed E-state index contributed by atoms with van der Waals surface area (Å²) in [5, 5.41) is 12.2. The van der Waals surface area contributed by atoms with Crippen molar-refractivity contribution in [2.24, 2.45) is 11.8 Å². The van der Waals surface area contributed by atoms with Gasteiger partial charge in [-0.3, -0.25) is 4.79 Å². The highest BCUT2D eigenvalue weighted by atomic mass is 19.4. The number of benzene rings is 1. The zero-order chi connectivity index (χ0) is 24.6. The maximum Gasteiger partial charge on any atom is 0.416 e. The Balaban J connectivity index is 1.67. The lowest BCUT2D eigenvalue weighted by Gasteiger charge is -2.24. The standard InChI is InChI=1S/C24H28F3N5O2/c1-13-11-34-12-17(13)10-32(4)20-9-19-21(29-23(20)33)15(3)30-31-22(19)28-14(2)16-6-5-7-18(8-16)24(25,26)27/h5-9,13-14,17H,10-12H2,1-4H3,(H,28,31)(H,29,33)/t13-,14+,17+/m0/s1. The van der Waals surface area contributed by atoms with Crippen molar-refractivity contribution in [3.05, 3.63) is 57.5 Å². The van der Waals surface area contributed by atoms with Crippen LogP contribution in [0, 0.1) is 18.8 Å². The number of aryl methyl sites for hydroxylation is 1. The number of aromatic nitrogens is 3. The van der Waals surface area contributed by atoms with Crippen LogP contribution in [0.5, 0.6) is 0 Å². The number of ether oxygens (including phenoxy) is 1. The van der Waals surface area contributed by atoms with Crippen LogP contribution in [0.25, 0.3) is 10.9 Å². The number of aromatic amines is 1. The molecule has 3 atom stereocenters. The van der Waals surface area contributed by atoms with E-state index in [0.29, 0.717) is 65.3 Å². The van der Waals surface area contributed by atoms with Crippen molar-refractivity contribution in [2.75, 3.05) is 37.0 Å². The van der Waals surface area contributed by atoms with Gasteiger partial charge in [-0.2, -0.15) is 18.3 Å². The van der Waals surface area contributed by atoms with Crippen LogP contribution in [0.3, 0.4) is 0 Å². The molecule has 3 heterocycles. The first-order valence-electron chi connectivity index (χ1n) is 11.2. The van der Waals surface area contributed by atoms with E-state index in [2.05, 4.69) is 27.4 Å². The predicted molar refractivity (Wildman–Crippen MR) is 125 cm³/mol. The number of pyridine rings is 1. The summed E-state index contributed by atoms with van der Waals surface area (Å²) in [6, 6.07) is 6.45. The zero-order valence-corrected chi connectivity index (χ0v) is 19.5. The van der Waals surface area contributed by atoms with Gasteiger partial charge in [0, 0.05) is 31.5 Å². The van der Waals surface area contributed by atoms with E-state index in [1.807, 2.05) is 11.9 Å². The van der Waals surface area contributed by atoms with E-state index in [1.54, 1.807) is 26.0 Å². The summed E-state index contributed by atoms with van der Waals surface area (Å²) >= 11 is 0. The molecule has 0 aliphatic carbocycles. The van der Waals surface area contributed by atoms with Gasteiger partial charge in [0.15, 0.2) is 5.82 Å². The lowest BCUT2D eigenvalue weighted by molar-refractivity contribution is -0.137. The molecule has 2 N–H and O–H groups in total. The van der Waals surface area contributed by atoms with E-state index in [9.17, 15) is 18.0 Å². The number of hydrogen-bond acceptors (Lipinski definition) is 6. The molecule has 4 rings (SSSR count). The molecular weight excluding hydrogens is 447 g/mol.